The summed E-state index contributed by atoms with van der Waals surface area (Å²) in [5.41, 5.74) is -0.0801. The molecule has 2 rings (SSSR count). The first-order valence-electron chi connectivity index (χ1n) is 6.85. The van der Waals surface area contributed by atoms with Crippen molar-refractivity contribution < 1.29 is 37.3 Å². The van der Waals surface area contributed by atoms with E-state index in [-0.39, 0.29) is 12.3 Å². The summed E-state index contributed by atoms with van der Waals surface area (Å²) in [7, 11) is 0. The molecule has 0 saturated carbocycles. The van der Waals surface area contributed by atoms with Gasteiger partial charge in [0.25, 0.3) is 0 Å². The number of aromatic carboxylic acids is 1. The molecule has 0 fully saturated rings. The number of carboxylic acid groups (broad SMARTS) is 1. The van der Waals surface area contributed by atoms with Crippen LogP contribution in [0, 0.1) is 0 Å². The fourth-order valence-electron chi connectivity index (χ4n) is 1.88. The molecule has 25 heavy (non-hydrogen) atoms. The molecular formula is C16H12F3NO5. The molecule has 2 aromatic carbocycles. The Kier molecular flexibility index (Phi) is 5.48. The summed E-state index contributed by atoms with van der Waals surface area (Å²) in [6, 6.07) is 11.2. The van der Waals surface area contributed by atoms with Crippen LogP contribution in [0.1, 0.15) is 15.9 Å². The van der Waals surface area contributed by atoms with Gasteiger partial charge in [-0.25, -0.2) is 9.59 Å². The number of alkyl halides is 3. The first kappa shape index (κ1) is 18.1. The van der Waals surface area contributed by atoms with Crippen LogP contribution >= 0.6 is 0 Å². The van der Waals surface area contributed by atoms with E-state index in [1.807, 2.05) is 0 Å². The van der Waals surface area contributed by atoms with Crippen molar-refractivity contribution in [3.8, 4) is 5.75 Å². The Labute approximate surface area is 139 Å². The van der Waals surface area contributed by atoms with Crippen LogP contribution in [0.3, 0.4) is 0 Å². The molecule has 1 amide bonds. The number of carbonyl (C=O) groups excluding carboxylic acids is 1. The summed E-state index contributed by atoms with van der Waals surface area (Å²) in [5, 5.41) is 11.3. The molecule has 2 aromatic rings. The van der Waals surface area contributed by atoms with E-state index in [9.17, 15) is 22.8 Å². The van der Waals surface area contributed by atoms with Gasteiger partial charge in [0.05, 0.1) is 11.3 Å². The lowest BCUT2D eigenvalue weighted by Crippen LogP contribution is -2.19. The topological polar surface area (TPSA) is 84.9 Å². The van der Waals surface area contributed by atoms with Crippen molar-refractivity contribution in [2.45, 2.75) is 13.0 Å². The second-order valence-corrected chi connectivity index (χ2v) is 4.75. The Morgan fingerprint density at radius 2 is 1.76 bits per heavy atom. The van der Waals surface area contributed by atoms with E-state index in [0.717, 1.165) is 12.1 Å². The summed E-state index contributed by atoms with van der Waals surface area (Å²) in [5.74, 6) is -2.25. The molecule has 0 aliphatic heterocycles. The number of anilines is 1. The molecule has 6 nitrogen and oxygen atoms in total. The molecule has 2 N–H and O–H groups in total. The summed E-state index contributed by atoms with van der Waals surface area (Å²) in [6.07, 6.45) is -5.91. The van der Waals surface area contributed by atoms with E-state index >= 15 is 0 Å². The highest BCUT2D eigenvalue weighted by Gasteiger charge is 2.31. The van der Waals surface area contributed by atoms with Crippen LogP contribution < -0.4 is 10.1 Å². The minimum Gasteiger partial charge on any atom is -0.478 e. The Hall–Kier alpha value is -3.23. The molecule has 0 aliphatic rings. The van der Waals surface area contributed by atoms with E-state index in [2.05, 4.69) is 10.1 Å². The van der Waals surface area contributed by atoms with Crippen LogP contribution in [-0.2, 0) is 11.3 Å². The highest BCUT2D eigenvalue weighted by molar-refractivity contribution is 5.99. The fraction of sp³-hybridized carbons (Fsp3) is 0.125. The van der Waals surface area contributed by atoms with Gasteiger partial charge in [-0.2, -0.15) is 0 Å². The minimum atomic E-state index is -4.96. The lowest BCUT2D eigenvalue weighted by molar-refractivity contribution is -0.274. The second-order valence-electron chi connectivity index (χ2n) is 4.75. The van der Waals surface area contributed by atoms with Gasteiger partial charge in [0.15, 0.2) is 0 Å². The maximum atomic E-state index is 12.2. The van der Waals surface area contributed by atoms with Gasteiger partial charge in [-0.05, 0) is 23.8 Å². The monoisotopic (exact) mass is 355 g/mol. The van der Waals surface area contributed by atoms with Gasteiger partial charge >= 0.3 is 18.4 Å². The number of ether oxygens (including phenoxy) is 2. The maximum Gasteiger partial charge on any atom is 0.573 e. The number of carboxylic acids is 1. The van der Waals surface area contributed by atoms with E-state index in [1.54, 1.807) is 30.3 Å². The van der Waals surface area contributed by atoms with Gasteiger partial charge in [0.2, 0.25) is 0 Å². The molecule has 132 valence electrons. The predicted molar refractivity (Wildman–Crippen MR) is 80.3 cm³/mol. The molecule has 0 saturated heterocycles. The van der Waals surface area contributed by atoms with E-state index < -0.39 is 29.7 Å². The number of nitrogens with one attached hydrogen (secondary N) is 1. The van der Waals surface area contributed by atoms with Crippen molar-refractivity contribution in [3.63, 3.8) is 0 Å². The molecule has 0 atom stereocenters. The third-order valence-electron chi connectivity index (χ3n) is 2.90. The smallest absolute Gasteiger partial charge is 0.478 e. The number of benzene rings is 2. The zero-order chi connectivity index (χ0) is 18.4. The van der Waals surface area contributed by atoms with Gasteiger partial charge in [0.1, 0.15) is 12.4 Å². The summed E-state index contributed by atoms with van der Waals surface area (Å²) in [4.78, 5) is 22.9. The van der Waals surface area contributed by atoms with Crippen molar-refractivity contribution >= 4 is 17.7 Å². The van der Waals surface area contributed by atoms with Crippen molar-refractivity contribution in [1.29, 1.82) is 0 Å². The second kappa shape index (κ2) is 7.56. The number of rotatable bonds is 5. The zero-order valence-corrected chi connectivity index (χ0v) is 12.5. The van der Waals surface area contributed by atoms with E-state index in [4.69, 9.17) is 9.84 Å². The summed E-state index contributed by atoms with van der Waals surface area (Å²) < 4.78 is 45.1. The van der Waals surface area contributed by atoms with Crippen molar-refractivity contribution in [1.82, 2.24) is 0 Å². The van der Waals surface area contributed by atoms with Gasteiger partial charge < -0.3 is 14.6 Å². The average molecular weight is 355 g/mol. The molecule has 0 heterocycles. The average Bonchev–Trinajstić information content (AvgIpc) is 2.54. The van der Waals surface area contributed by atoms with Gasteiger partial charge in [-0.3, -0.25) is 5.32 Å². The normalized spacial score (nSPS) is 10.8. The number of amides is 1. The fourth-order valence-corrected chi connectivity index (χ4v) is 1.88. The number of hydrogen-bond donors (Lipinski definition) is 2. The van der Waals surface area contributed by atoms with Crippen LogP contribution in [-0.4, -0.2) is 23.5 Å². The van der Waals surface area contributed by atoms with Crippen LogP contribution in [0.15, 0.2) is 48.5 Å². The number of carbonyl (C=O) groups is 2. The highest BCUT2D eigenvalue weighted by Crippen LogP contribution is 2.27. The highest BCUT2D eigenvalue weighted by atomic mass is 19.4. The standard InChI is InChI=1S/C16H12F3NO5/c17-16(18,19)25-11-6-7-13(12(8-11)14(21)22)20-15(23)24-9-10-4-2-1-3-5-10/h1-8H,9H2,(H,20,23)(H,21,22). The van der Waals surface area contributed by atoms with E-state index in [0.29, 0.717) is 11.6 Å². The Morgan fingerprint density at radius 1 is 1.08 bits per heavy atom. The zero-order valence-electron chi connectivity index (χ0n) is 12.5. The largest absolute Gasteiger partial charge is 0.573 e. The molecule has 0 bridgehead atoms. The Bertz CT molecular complexity index is 762. The quantitative estimate of drug-likeness (QED) is 0.846. The van der Waals surface area contributed by atoms with Gasteiger partial charge in [-0.1, -0.05) is 30.3 Å². The van der Waals surface area contributed by atoms with E-state index in [1.165, 1.54) is 0 Å². The third-order valence-corrected chi connectivity index (χ3v) is 2.90. The van der Waals surface area contributed by atoms with Crippen LogP contribution in [0.5, 0.6) is 5.75 Å². The predicted octanol–water partition coefficient (Wildman–Crippen LogP) is 4.03. The van der Waals surface area contributed by atoms with Crippen molar-refractivity contribution in [2.75, 3.05) is 5.32 Å². The molecule has 0 spiro atoms. The Balaban J connectivity index is 2.07. The lowest BCUT2D eigenvalue weighted by Gasteiger charge is -2.13. The van der Waals surface area contributed by atoms with Gasteiger partial charge in [0, 0.05) is 0 Å². The summed E-state index contributed by atoms with van der Waals surface area (Å²) in [6.45, 7) is -0.0512. The molecule has 0 aromatic heterocycles. The number of halogens is 3. The van der Waals surface area contributed by atoms with Crippen molar-refractivity contribution in [3.05, 3.63) is 59.7 Å². The minimum absolute atomic E-state index is 0.0512. The van der Waals surface area contributed by atoms with Crippen LogP contribution in [0.25, 0.3) is 0 Å². The van der Waals surface area contributed by atoms with Gasteiger partial charge in [-0.15, -0.1) is 13.2 Å². The lowest BCUT2D eigenvalue weighted by atomic mass is 10.1. The maximum absolute atomic E-state index is 12.2. The molecule has 0 aliphatic carbocycles. The molecular weight excluding hydrogens is 343 g/mol. The first-order chi connectivity index (χ1) is 11.7. The third kappa shape index (κ3) is 5.72. The molecule has 0 unspecified atom stereocenters. The number of hydrogen-bond acceptors (Lipinski definition) is 4. The van der Waals surface area contributed by atoms with Crippen molar-refractivity contribution in [2.24, 2.45) is 0 Å². The molecule has 9 heteroatoms. The summed E-state index contributed by atoms with van der Waals surface area (Å²) >= 11 is 0. The first-order valence-corrected chi connectivity index (χ1v) is 6.85. The van der Waals surface area contributed by atoms with Crippen LogP contribution in [0.4, 0.5) is 23.7 Å². The van der Waals surface area contributed by atoms with Crippen LogP contribution in [0.2, 0.25) is 0 Å². The SMILES string of the molecule is O=C(Nc1ccc(OC(F)(F)F)cc1C(=O)O)OCc1ccccc1. The molecule has 0 radical (unpaired) electrons. The Morgan fingerprint density at radius 3 is 2.36 bits per heavy atom.